The van der Waals surface area contributed by atoms with Gasteiger partial charge in [-0.15, -0.1) is 22.7 Å². The number of hydrogen-bond acceptors (Lipinski definition) is 8. The molecule has 1 aromatic carbocycles. The van der Waals surface area contributed by atoms with Gasteiger partial charge in [0.1, 0.15) is 0 Å². The number of nitrogens with zero attached hydrogens (tertiary/aromatic N) is 2. The molecular formula is C18H17N3O5S3. The van der Waals surface area contributed by atoms with Crippen molar-refractivity contribution in [1.29, 1.82) is 0 Å². The van der Waals surface area contributed by atoms with E-state index in [9.17, 15) is 23.3 Å². The summed E-state index contributed by atoms with van der Waals surface area (Å²) < 4.78 is 24.3. The molecule has 0 radical (unpaired) electrons. The van der Waals surface area contributed by atoms with Gasteiger partial charge in [0.2, 0.25) is 5.91 Å². The number of aromatic nitrogens is 1. The zero-order chi connectivity index (χ0) is 20.9. The number of amides is 1. The highest BCUT2D eigenvalue weighted by atomic mass is 32.2. The molecule has 0 aliphatic heterocycles. The molecule has 11 heteroatoms. The molecule has 0 aliphatic rings. The molecule has 3 aromatic rings. The number of benzene rings is 1. The molecule has 0 saturated carbocycles. The number of carbonyl (C=O) groups is 1. The number of anilines is 1. The Morgan fingerprint density at radius 1 is 1.17 bits per heavy atom. The minimum absolute atomic E-state index is 0.000276. The predicted molar refractivity (Wildman–Crippen MR) is 114 cm³/mol. The van der Waals surface area contributed by atoms with Crippen LogP contribution in [0, 0.1) is 10.1 Å². The summed E-state index contributed by atoms with van der Waals surface area (Å²) in [7, 11) is -3.29. The van der Waals surface area contributed by atoms with Crippen molar-refractivity contribution in [2.24, 2.45) is 0 Å². The molecule has 0 bridgehead atoms. The van der Waals surface area contributed by atoms with E-state index in [0.717, 1.165) is 5.56 Å². The molecule has 3 rings (SSSR count). The lowest BCUT2D eigenvalue weighted by Crippen LogP contribution is -2.15. The Bertz CT molecular complexity index is 1110. The first-order chi connectivity index (χ1) is 13.8. The van der Waals surface area contributed by atoms with E-state index < -0.39 is 14.8 Å². The maximum Gasteiger partial charge on any atom is 0.280 e. The highest BCUT2D eigenvalue weighted by molar-refractivity contribution is 7.90. The van der Waals surface area contributed by atoms with Gasteiger partial charge in [0.15, 0.2) is 15.0 Å². The molecule has 0 atom stereocenters. The Labute approximate surface area is 175 Å². The van der Waals surface area contributed by atoms with Crippen LogP contribution in [0.2, 0.25) is 0 Å². The fourth-order valence-corrected chi connectivity index (χ4v) is 5.58. The van der Waals surface area contributed by atoms with Crippen LogP contribution in [0.5, 0.6) is 0 Å². The zero-order valence-electron chi connectivity index (χ0n) is 15.1. The number of rotatable bonds is 9. The van der Waals surface area contributed by atoms with E-state index in [1.807, 2.05) is 6.07 Å². The molecule has 0 aliphatic carbocycles. The number of carbonyl (C=O) groups excluding carboxylic acids is 1. The molecule has 0 saturated heterocycles. The number of nitrogens with one attached hydrogen (secondary N) is 1. The average Bonchev–Trinajstić information content (AvgIpc) is 3.31. The molecule has 1 amide bonds. The van der Waals surface area contributed by atoms with Crippen molar-refractivity contribution in [2.45, 2.75) is 18.6 Å². The van der Waals surface area contributed by atoms with Gasteiger partial charge in [-0.1, -0.05) is 30.3 Å². The van der Waals surface area contributed by atoms with Crippen molar-refractivity contribution < 1.29 is 18.1 Å². The molecule has 2 heterocycles. The van der Waals surface area contributed by atoms with Crippen LogP contribution in [0.15, 0.2) is 47.2 Å². The second-order valence-corrected chi connectivity index (χ2v) is 10.1. The number of thiazole rings is 1. The summed E-state index contributed by atoms with van der Waals surface area (Å²) in [6.07, 6.45) is 0.282. The number of nitro groups is 1. The van der Waals surface area contributed by atoms with Gasteiger partial charge in [-0.3, -0.25) is 14.9 Å². The minimum atomic E-state index is -3.29. The Morgan fingerprint density at radius 2 is 1.93 bits per heavy atom. The Balaban J connectivity index is 1.48. The maximum atomic E-state index is 12.2. The first-order valence-corrected chi connectivity index (χ1v) is 12.1. The van der Waals surface area contributed by atoms with Gasteiger partial charge in [0.05, 0.1) is 32.4 Å². The highest BCUT2D eigenvalue weighted by Crippen LogP contribution is 2.32. The molecule has 1 N–H and O–H groups in total. The summed E-state index contributed by atoms with van der Waals surface area (Å²) in [5, 5.41) is 16.9. The van der Waals surface area contributed by atoms with Gasteiger partial charge in [-0.25, -0.2) is 13.4 Å². The second kappa shape index (κ2) is 9.25. The van der Waals surface area contributed by atoms with E-state index in [0.29, 0.717) is 15.7 Å². The summed E-state index contributed by atoms with van der Waals surface area (Å²) in [6, 6.07) is 10.3. The first kappa shape index (κ1) is 21.1. The predicted octanol–water partition coefficient (Wildman–Crippen LogP) is 4.11. The molecular weight excluding hydrogens is 434 g/mol. The summed E-state index contributed by atoms with van der Waals surface area (Å²) in [4.78, 5) is 27.3. The quantitative estimate of drug-likeness (QED) is 0.386. The van der Waals surface area contributed by atoms with Gasteiger partial charge in [0.25, 0.3) is 5.69 Å². The van der Waals surface area contributed by atoms with Gasteiger partial charge >= 0.3 is 0 Å². The summed E-state index contributed by atoms with van der Waals surface area (Å²) in [5.74, 6) is -0.437. The summed E-state index contributed by atoms with van der Waals surface area (Å²) in [6.45, 7) is 0. The van der Waals surface area contributed by atoms with Crippen molar-refractivity contribution in [2.75, 3.05) is 11.1 Å². The van der Waals surface area contributed by atoms with Crippen molar-refractivity contribution in [3.8, 4) is 10.6 Å². The first-order valence-electron chi connectivity index (χ1n) is 8.55. The topological polar surface area (TPSA) is 119 Å². The molecule has 152 valence electrons. The smallest absolute Gasteiger partial charge is 0.280 e. The third-order valence-electron chi connectivity index (χ3n) is 3.89. The van der Waals surface area contributed by atoms with E-state index in [-0.39, 0.29) is 35.9 Å². The van der Waals surface area contributed by atoms with E-state index in [2.05, 4.69) is 10.3 Å². The highest BCUT2D eigenvalue weighted by Gasteiger charge is 2.15. The molecule has 29 heavy (non-hydrogen) atoms. The molecule has 0 unspecified atom stereocenters. The molecule has 0 fully saturated rings. The SMILES string of the molecule is O=C(CCCS(=O)(=O)Cc1ccccc1)Nc1nc(-c2cc([N+](=O)[O-])cs2)cs1. The Morgan fingerprint density at radius 3 is 2.62 bits per heavy atom. The molecule has 0 spiro atoms. The van der Waals surface area contributed by atoms with Crippen LogP contribution in [0.1, 0.15) is 18.4 Å². The van der Waals surface area contributed by atoms with Crippen molar-refractivity contribution in [3.05, 3.63) is 62.8 Å². The minimum Gasteiger partial charge on any atom is -0.302 e. The van der Waals surface area contributed by atoms with E-state index in [4.69, 9.17) is 0 Å². The van der Waals surface area contributed by atoms with E-state index in [1.165, 1.54) is 34.1 Å². The van der Waals surface area contributed by atoms with Crippen LogP contribution in [0.25, 0.3) is 10.6 Å². The monoisotopic (exact) mass is 451 g/mol. The zero-order valence-corrected chi connectivity index (χ0v) is 17.6. The van der Waals surface area contributed by atoms with E-state index >= 15 is 0 Å². The summed E-state index contributed by atoms with van der Waals surface area (Å²) >= 11 is 2.41. The Kier molecular flexibility index (Phi) is 6.72. The largest absolute Gasteiger partial charge is 0.302 e. The molecule has 2 aromatic heterocycles. The normalized spacial score (nSPS) is 11.3. The summed E-state index contributed by atoms with van der Waals surface area (Å²) in [5.41, 5.74) is 1.27. The van der Waals surface area contributed by atoms with Crippen LogP contribution < -0.4 is 5.32 Å². The molecule has 8 nitrogen and oxygen atoms in total. The third kappa shape index (κ3) is 6.17. The van der Waals surface area contributed by atoms with Gasteiger partial charge in [-0.05, 0) is 12.0 Å². The number of thiophene rings is 1. The van der Waals surface area contributed by atoms with Crippen molar-refractivity contribution in [3.63, 3.8) is 0 Å². The van der Waals surface area contributed by atoms with Crippen molar-refractivity contribution in [1.82, 2.24) is 4.98 Å². The number of sulfone groups is 1. The fourth-order valence-electron chi connectivity index (χ4n) is 2.54. The number of hydrogen-bond donors (Lipinski definition) is 1. The lowest BCUT2D eigenvalue weighted by atomic mass is 10.2. The second-order valence-electron chi connectivity index (χ2n) is 6.19. The lowest BCUT2D eigenvalue weighted by Gasteiger charge is -2.05. The van der Waals surface area contributed by atoms with Crippen LogP contribution >= 0.6 is 22.7 Å². The van der Waals surface area contributed by atoms with Crippen LogP contribution in [0.3, 0.4) is 0 Å². The van der Waals surface area contributed by atoms with Crippen LogP contribution in [-0.2, 0) is 20.4 Å². The van der Waals surface area contributed by atoms with Gasteiger partial charge in [-0.2, -0.15) is 0 Å². The maximum absolute atomic E-state index is 12.2. The fraction of sp³-hybridized carbons (Fsp3) is 0.222. The van der Waals surface area contributed by atoms with Gasteiger partial charge in [0, 0.05) is 17.9 Å². The third-order valence-corrected chi connectivity index (χ3v) is 7.27. The van der Waals surface area contributed by atoms with E-state index in [1.54, 1.807) is 29.6 Å². The lowest BCUT2D eigenvalue weighted by molar-refractivity contribution is -0.384. The van der Waals surface area contributed by atoms with Crippen LogP contribution in [0.4, 0.5) is 10.8 Å². The van der Waals surface area contributed by atoms with Crippen LogP contribution in [-0.4, -0.2) is 30.0 Å². The van der Waals surface area contributed by atoms with Gasteiger partial charge < -0.3 is 5.32 Å². The Hall–Kier alpha value is -2.63. The van der Waals surface area contributed by atoms with Crippen molar-refractivity contribution >= 4 is 49.2 Å². The standard InChI is InChI=1S/C18H17N3O5S3/c22-17(7-4-8-29(25,26)12-13-5-2-1-3-6-13)20-18-19-15(11-28-18)16-9-14(10-27-16)21(23)24/h1-3,5-6,9-11H,4,7-8,12H2,(H,19,20,22). The average molecular weight is 452 g/mol.